The molecule has 1 aliphatic heterocycles. The van der Waals surface area contributed by atoms with Gasteiger partial charge in [0.2, 0.25) is 0 Å². The summed E-state index contributed by atoms with van der Waals surface area (Å²) in [4.78, 5) is 14.8. The molecule has 1 fully saturated rings. The minimum atomic E-state index is 0.140. The first kappa shape index (κ1) is 14.8. The fourth-order valence-electron chi connectivity index (χ4n) is 3.24. The van der Waals surface area contributed by atoms with Crippen LogP contribution < -0.4 is 0 Å². The van der Waals surface area contributed by atoms with Gasteiger partial charge in [-0.1, -0.05) is 30.3 Å². The highest BCUT2D eigenvalue weighted by Gasteiger charge is 2.30. The zero-order valence-electron chi connectivity index (χ0n) is 13.3. The third-order valence-corrected chi connectivity index (χ3v) is 4.71. The normalized spacial score (nSPS) is 17.9. The molecule has 1 unspecified atom stereocenters. The van der Waals surface area contributed by atoms with Crippen molar-refractivity contribution in [1.29, 1.82) is 0 Å². The molecule has 1 atom stereocenters. The maximum absolute atomic E-state index is 12.8. The average Bonchev–Trinajstić information content (AvgIpc) is 3.14. The van der Waals surface area contributed by atoms with E-state index in [2.05, 4.69) is 29.4 Å². The van der Waals surface area contributed by atoms with E-state index < -0.39 is 0 Å². The molecule has 1 amide bonds. The molecular weight excluding hydrogens is 274 g/mol. The number of hydrogen-bond acceptors (Lipinski definition) is 2. The smallest absolute Gasteiger partial charge is 0.257 e. The molecule has 0 aliphatic carbocycles. The van der Waals surface area contributed by atoms with Crippen LogP contribution in [0.2, 0.25) is 0 Å². The topological polar surface area (TPSA) is 38.1 Å². The van der Waals surface area contributed by atoms with E-state index in [0.717, 1.165) is 43.5 Å². The third kappa shape index (κ3) is 2.91. The molecule has 0 saturated carbocycles. The van der Waals surface area contributed by atoms with Crippen LogP contribution in [0.15, 0.2) is 36.5 Å². The van der Waals surface area contributed by atoms with Crippen molar-refractivity contribution in [3.05, 3.63) is 53.3 Å². The number of nitrogens with zero attached hydrogens (tertiary/aromatic N) is 3. The van der Waals surface area contributed by atoms with Gasteiger partial charge in [0.05, 0.1) is 11.8 Å². The van der Waals surface area contributed by atoms with Crippen molar-refractivity contribution in [1.82, 2.24) is 14.7 Å². The lowest BCUT2D eigenvalue weighted by atomic mass is 10.0. The average molecular weight is 297 g/mol. The number of likely N-dealkylation sites (tertiary alicyclic amines) is 1. The highest BCUT2D eigenvalue weighted by Crippen LogP contribution is 2.24. The van der Waals surface area contributed by atoms with Crippen LogP contribution in [0, 0.1) is 6.92 Å². The molecule has 1 aromatic heterocycles. The quantitative estimate of drug-likeness (QED) is 0.870. The zero-order chi connectivity index (χ0) is 15.5. The minimum absolute atomic E-state index is 0.140. The summed E-state index contributed by atoms with van der Waals surface area (Å²) in [5.41, 5.74) is 3.03. The molecule has 4 nitrogen and oxygen atoms in total. The van der Waals surface area contributed by atoms with Gasteiger partial charge >= 0.3 is 0 Å². The molecule has 0 bridgehead atoms. The standard InChI is InChI=1S/C18H23N3O/c1-14-17(13-19-20(14)2)18(22)21-12-6-9-16(21)11-10-15-7-4-3-5-8-15/h3-5,7-8,13,16H,6,9-12H2,1-2H3. The number of aryl methyl sites for hydroxylation is 2. The van der Waals surface area contributed by atoms with E-state index in [1.54, 1.807) is 10.9 Å². The Morgan fingerprint density at radius 3 is 2.77 bits per heavy atom. The first-order valence-corrected chi connectivity index (χ1v) is 8.00. The van der Waals surface area contributed by atoms with E-state index >= 15 is 0 Å². The Labute approximate surface area is 131 Å². The van der Waals surface area contributed by atoms with Crippen LogP contribution in [0.5, 0.6) is 0 Å². The van der Waals surface area contributed by atoms with Crippen LogP contribution in [-0.4, -0.2) is 33.2 Å². The van der Waals surface area contributed by atoms with Crippen molar-refractivity contribution in [3.8, 4) is 0 Å². The van der Waals surface area contributed by atoms with Crippen LogP contribution in [-0.2, 0) is 13.5 Å². The number of carbonyl (C=O) groups excluding carboxylic acids is 1. The number of rotatable bonds is 4. The van der Waals surface area contributed by atoms with Gasteiger partial charge < -0.3 is 4.90 Å². The Kier molecular flexibility index (Phi) is 4.27. The van der Waals surface area contributed by atoms with Gasteiger partial charge in [-0.25, -0.2) is 0 Å². The Hall–Kier alpha value is -2.10. The monoisotopic (exact) mass is 297 g/mol. The summed E-state index contributed by atoms with van der Waals surface area (Å²) in [6.07, 6.45) is 5.98. The fraction of sp³-hybridized carbons (Fsp3) is 0.444. The van der Waals surface area contributed by atoms with Crippen LogP contribution in [0.1, 0.15) is 40.9 Å². The van der Waals surface area contributed by atoms with Gasteiger partial charge in [-0.15, -0.1) is 0 Å². The molecule has 0 N–H and O–H groups in total. The van der Waals surface area contributed by atoms with Crippen LogP contribution in [0.25, 0.3) is 0 Å². The minimum Gasteiger partial charge on any atom is -0.336 e. The molecule has 2 heterocycles. The van der Waals surface area contributed by atoms with E-state index in [-0.39, 0.29) is 5.91 Å². The zero-order valence-corrected chi connectivity index (χ0v) is 13.3. The Morgan fingerprint density at radius 2 is 2.09 bits per heavy atom. The largest absolute Gasteiger partial charge is 0.336 e. The Balaban J connectivity index is 1.68. The summed E-state index contributed by atoms with van der Waals surface area (Å²) in [6.45, 7) is 2.82. The number of amides is 1. The van der Waals surface area contributed by atoms with Gasteiger partial charge in [0.25, 0.3) is 5.91 Å². The fourth-order valence-corrected chi connectivity index (χ4v) is 3.24. The van der Waals surface area contributed by atoms with Crippen molar-refractivity contribution >= 4 is 5.91 Å². The lowest BCUT2D eigenvalue weighted by molar-refractivity contribution is 0.0730. The molecular formula is C18H23N3O. The Morgan fingerprint density at radius 1 is 1.32 bits per heavy atom. The second-order valence-corrected chi connectivity index (χ2v) is 6.09. The predicted octanol–water partition coefficient (Wildman–Crippen LogP) is 2.97. The second kappa shape index (κ2) is 6.34. The SMILES string of the molecule is Cc1c(C(=O)N2CCCC2CCc2ccccc2)cnn1C. The van der Waals surface area contributed by atoms with Crippen molar-refractivity contribution < 1.29 is 4.79 Å². The van der Waals surface area contributed by atoms with Crippen molar-refractivity contribution in [2.24, 2.45) is 7.05 Å². The van der Waals surface area contributed by atoms with Gasteiger partial charge in [-0.2, -0.15) is 5.10 Å². The van der Waals surface area contributed by atoms with Crippen LogP contribution >= 0.6 is 0 Å². The maximum Gasteiger partial charge on any atom is 0.257 e. The van der Waals surface area contributed by atoms with Crippen molar-refractivity contribution in [2.45, 2.75) is 38.6 Å². The summed E-state index contributed by atoms with van der Waals surface area (Å²) in [5, 5.41) is 4.20. The Bertz CT molecular complexity index is 648. The maximum atomic E-state index is 12.8. The van der Waals surface area contributed by atoms with Gasteiger partial charge in [0.1, 0.15) is 0 Å². The lowest BCUT2D eigenvalue weighted by Crippen LogP contribution is -2.36. The van der Waals surface area contributed by atoms with Gasteiger partial charge in [0.15, 0.2) is 0 Å². The summed E-state index contributed by atoms with van der Waals surface area (Å²) in [7, 11) is 1.88. The molecule has 0 spiro atoms. The van der Waals surface area contributed by atoms with E-state index in [4.69, 9.17) is 0 Å². The summed E-state index contributed by atoms with van der Waals surface area (Å²) in [5.74, 6) is 0.140. The van der Waals surface area contributed by atoms with E-state index in [9.17, 15) is 4.79 Å². The predicted molar refractivity (Wildman–Crippen MR) is 86.8 cm³/mol. The molecule has 116 valence electrons. The molecule has 1 aliphatic rings. The summed E-state index contributed by atoms with van der Waals surface area (Å²) >= 11 is 0. The van der Waals surface area contributed by atoms with Crippen LogP contribution in [0.3, 0.4) is 0 Å². The highest BCUT2D eigenvalue weighted by molar-refractivity contribution is 5.95. The molecule has 2 aromatic rings. The third-order valence-electron chi connectivity index (χ3n) is 4.71. The lowest BCUT2D eigenvalue weighted by Gasteiger charge is -2.24. The first-order valence-electron chi connectivity index (χ1n) is 8.00. The molecule has 22 heavy (non-hydrogen) atoms. The van der Waals surface area contributed by atoms with Crippen LogP contribution in [0.4, 0.5) is 0 Å². The summed E-state index contributed by atoms with van der Waals surface area (Å²) < 4.78 is 1.77. The van der Waals surface area contributed by atoms with Gasteiger partial charge in [0, 0.05) is 25.3 Å². The molecule has 3 rings (SSSR count). The van der Waals surface area contributed by atoms with Gasteiger partial charge in [-0.3, -0.25) is 9.48 Å². The first-order chi connectivity index (χ1) is 10.7. The second-order valence-electron chi connectivity index (χ2n) is 6.09. The van der Waals surface area contributed by atoms with Crippen molar-refractivity contribution in [3.63, 3.8) is 0 Å². The molecule has 1 saturated heterocycles. The van der Waals surface area contributed by atoms with Gasteiger partial charge in [-0.05, 0) is 38.2 Å². The number of hydrogen-bond donors (Lipinski definition) is 0. The number of benzene rings is 1. The van der Waals surface area contributed by atoms with E-state index in [1.807, 2.05) is 24.9 Å². The highest BCUT2D eigenvalue weighted by atomic mass is 16.2. The number of carbonyl (C=O) groups is 1. The molecule has 1 aromatic carbocycles. The summed E-state index contributed by atoms with van der Waals surface area (Å²) in [6, 6.07) is 10.9. The van der Waals surface area contributed by atoms with E-state index in [1.165, 1.54) is 5.56 Å². The molecule has 4 heteroatoms. The van der Waals surface area contributed by atoms with E-state index in [0.29, 0.717) is 6.04 Å². The number of aromatic nitrogens is 2. The molecule has 0 radical (unpaired) electrons. The van der Waals surface area contributed by atoms with Crippen molar-refractivity contribution in [2.75, 3.05) is 6.54 Å².